The van der Waals surface area contributed by atoms with Crippen molar-refractivity contribution in [2.75, 3.05) is 0 Å². The van der Waals surface area contributed by atoms with Gasteiger partial charge in [0.05, 0.1) is 5.69 Å². The molecule has 0 spiro atoms. The number of H-pyrrole nitrogens is 1. The number of hydrogen-bond donors (Lipinski definition) is 3. The number of carboxylic acid groups (broad SMARTS) is 2. The number of aromatic nitrogens is 2. The van der Waals surface area contributed by atoms with Crippen molar-refractivity contribution in [1.82, 2.24) is 9.55 Å². The lowest BCUT2D eigenvalue weighted by Gasteiger charge is -2.07. The summed E-state index contributed by atoms with van der Waals surface area (Å²) in [5, 5.41) is 18.2. The lowest BCUT2D eigenvalue weighted by Crippen LogP contribution is -2.40. The summed E-state index contributed by atoms with van der Waals surface area (Å²) >= 11 is 5.68. The van der Waals surface area contributed by atoms with E-state index in [4.69, 9.17) is 21.8 Å². The molecule has 0 radical (unpaired) electrons. The molecule has 0 fully saturated rings. The van der Waals surface area contributed by atoms with Gasteiger partial charge in [-0.3, -0.25) is 9.78 Å². The third-order valence-corrected chi connectivity index (χ3v) is 2.87. The number of halogens is 1. The molecule has 8 nitrogen and oxygen atoms in total. The molecule has 108 valence electrons. The second-order valence-corrected chi connectivity index (χ2v) is 4.34. The van der Waals surface area contributed by atoms with Crippen LogP contribution in [0.25, 0.3) is 5.69 Å². The fraction of sp³-hybridized carbons (Fsp3) is 0. The quantitative estimate of drug-likeness (QED) is 0.760. The minimum absolute atomic E-state index is 0.0603. The molecule has 0 aliphatic carbocycles. The standard InChI is InChI=1S/C12H7ClN2O6/c13-5-1-3-6(4-2-5)15-9(16)7(10(17)18)8(11(19)20)14-12(15)21/h1-4H,(H,14,21)(H,17,18)(H,19,20). The third kappa shape index (κ3) is 2.56. The van der Waals surface area contributed by atoms with Gasteiger partial charge in [-0.25, -0.2) is 19.0 Å². The zero-order chi connectivity index (χ0) is 15.7. The van der Waals surface area contributed by atoms with Gasteiger partial charge in [-0.1, -0.05) is 11.6 Å². The Kier molecular flexibility index (Phi) is 3.64. The zero-order valence-corrected chi connectivity index (χ0v) is 10.9. The minimum atomic E-state index is -1.75. The van der Waals surface area contributed by atoms with Gasteiger partial charge in [0, 0.05) is 5.02 Å². The maximum absolute atomic E-state index is 12.1. The van der Waals surface area contributed by atoms with Gasteiger partial charge in [0.2, 0.25) is 0 Å². The van der Waals surface area contributed by atoms with E-state index in [9.17, 15) is 19.2 Å². The smallest absolute Gasteiger partial charge is 0.353 e. The van der Waals surface area contributed by atoms with Gasteiger partial charge in [0.1, 0.15) is 5.69 Å². The molecule has 3 N–H and O–H groups in total. The van der Waals surface area contributed by atoms with E-state index in [0.29, 0.717) is 9.59 Å². The lowest BCUT2D eigenvalue weighted by molar-refractivity contribution is 0.0643. The fourth-order valence-corrected chi connectivity index (χ4v) is 1.85. The summed E-state index contributed by atoms with van der Waals surface area (Å²) in [6.07, 6.45) is 0. The van der Waals surface area contributed by atoms with Crippen LogP contribution in [0.5, 0.6) is 0 Å². The van der Waals surface area contributed by atoms with Crippen LogP contribution < -0.4 is 11.2 Å². The van der Waals surface area contributed by atoms with Crippen molar-refractivity contribution < 1.29 is 19.8 Å². The first-order chi connectivity index (χ1) is 9.82. The Balaban J connectivity index is 2.86. The van der Waals surface area contributed by atoms with E-state index in [1.807, 2.05) is 4.98 Å². The molecule has 0 amide bonds. The van der Waals surface area contributed by atoms with E-state index in [2.05, 4.69) is 0 Å². The summed E-state index contributed by atoms with van der Waals surface area (Å²) in [6.45, 7) is 0. The first kappa shape index (κ1) is 14.5. The molecule has 1 aromatic carbocycles. The molecule has 0 bridgehead atoms. The number of benzene rings is 1. The van der Waals surface area contributed by atoms with E-state index in [1.54, 1.807) is 0 Å². The van der Waals surface area contributed by atoms with Gasteiger partial charge in [-0.15, -0.1) is 0 Å². The molecule has 2 rings (SSSR count). The van der Waals surface area contributed by atoms with Gasteiger partial charge < -0.3 is 10.2 Å². The summed E-state index contributed by atoms with van der Waals surface area (Å²) in [5.74, 6) is -3.47. The molecule has 1 aromatic heterocycles. The molecule has 0 aliphatic heterocycles. The van der Waals surface area contributed by atoms with Crippen LogP contribution in [0.1, 0.15) is 20.8 Å². The van der Waals surface area contributed by atoms with E-state index < -0.39 is 34.4 Å². The van der Waals surface area contributed by atoms with Crippen LogP contribution in [0.2, 0.25) is 5.02 Å². The molecule has 0 aliphatic rings. The summed E-state index contributed by atoms with van der Waals surface area (Å²) in [7, 11) is 0. The van der Waals surface area contributed by atoms with Crippen LogP contribution >= 0.6 is 11.6 Å². The summed E-state index contributed by atoms with van der Waals surface area (Å²) in [5.41, 5.74) is -4.25. The number of carboxylic acids is 2. The van der Waals surface area contributed by atoms with E-state index in [0.717, 1.165) is 0 Å². The average molecular weight is 311 g/mol. The number of carbonyl (C=O) groups is 2. The first-order valence-corrected chi connectivity index (χ1v) is 5.82. The molecule has 0 saturated carbocycles. The van der Waals surface area contributed by atoms with Crippen LogP contribution in [0.4, 0.5) is 0 Å². The largest absolute Gasteiger partial charge is 0.477 e. The topological polar surface area (TPSA) is 129 Å². The molecule has 1 heterocycles. The number of nitrogens with one attached hydrogen (secondary N) is 1. The Morgan fingerprint density at radius 3 is 2.10 bits per heavy atom. The molecular formula is C12H7ClN2O6. The number of aromatic amines is 1. The molecule has 0 saturated heterocycles. The van der Waals surface area contributed by atoms with E-state index in [1.165, 1.54) is 24.3 Å². The summed E-state index contributed by atoms with van der Waals surface area (Å²) in [4.78, 5) is 47.8. The normalized spacial score (nSPS) is 10.3. The predicted molar refractivity (Wildman–Crippen MR) is 71.6 cm³/mol. The van der Waals surface area contributed by atoms with Gasteiger partial charge in [-0.05, 0) is 24.3 Å². The monoisotopic (exact) mass is 310 g/mol. The van der Waals surface area contributed by atoms with Crippen molar-refractivity contribution in [3.05, 3.63) is 61.4 Å². The highest BCUT2D eigenvalue weighted by atomic mass is 35.5. The number of hydrogen-bond acceptors (Lipinski definition) is 4. The molecule has 2 aromatic rings. The van der Waals surface area contributed by atoms with Crippen molar-refractivity contribution in [3.8, 4) is 5.69 Å². The van der Waals surface area contributed by atoms with Crippen molar-refractivity contribution in [1.29, 1.82) is 0 Å². The van der Waals surface area contributed by atoms with Crippen LogP contribution in [0, 0.1) is 0 Å². The molecular weight excluding hydrogens is 304 g/mol. The molecule has 21 heavy (non-hydrogen) atoms. The van der Waals surface area contributed by atoms with Gasteiger partial charge in [-0.2, -0.15) is 0 Å². The maximum atomic E-state index is 12.1. The van der Waals surface area contributed by atoms with Crippen LogP contribution in [0.3, 0.4) is 0 Å². The Morgan fingerprint density at radius 2 is 1.62 bits per heavy atom. The fourth-order valence-electron chi connectivity index (χ4n) is 1.72. The highest BCUT2D eigenvalue weighted by molar-refractivity contribution is 6.30. The highest BCUT2D eigenvalue weighted by Gasteiger charge is 2.24. The van der Waals surface area contributed by atoms with Crippen LogP contribution in [-0.4, -0.2) is 31.7 Å². The third-order valence-electron chi connectivity index (χ3n) is 2.61. The van der Waals surface area contributed by atoms with Gasteiger partial charge >= 0.3 is 17.6 Å². The summed E-state index contributed by atoms with van der Waals surface area (Å²) < 4.78 is 0.520. The van der Waals surface area contributed by atoms with Crippen LogP contribution in [-0.2, 0) is 0 Å². The van der Waals surface area contributed by atoms with Crippen molar-refractivity contribution in [2.45, 2.75) is 0 Å². The van der Waals surface area contributed by atoms with Gasteiger partial charge in [0.15, 0.2) is 5.56 Å². The SMILES string of the molecule is O=C(O)c1[nH]c(=O)n(-c2ccc(Cl)cc2)c(=O)c1C(=O)O. The molecule has 0 unspecified atom stereocenters. The second-order valence-electron chi connectivity index (χ2n) is 3.91. The number of rotatable bonds is 3. The Bertz CT molecular complexity index is 850. The number of nitrogens with zero attached hydrogens (tertiary/aromatic N) is 1. The second kappa shape index (κ2) is 5.25. The molecule has 0 atom stereocenters. The van der Waals surface area contributed by atoms with Crippen molar-refractivity contribution >= 4 is 23.5 Å². The molecule has 9 heteroatoms. The van der Waals surface area contributed by atoms with E-state index in [-0.39, 0.29) is 5.69 Å². The predicted octanol–water partition coefficient (Wildman–Crippen LogP) is 0.576. The first-order valence-electron chi connectivity index (χ1n) is 5.44. The Labute approximate surface area is 120 Å². The highest BCUT2D eigenvalue weighted by Crippen LogP contribution is 2.11. The number of aromatic carboxylic acids is 2. The Morgan fingerprint density at radius 1 is 1.05 bits per heavy atom. The maximum Gasteiger partial charge on any atom is 0.353 e. The van der Waals surface area contributed by atoms with Gasteiger partial charge in [0.25, 0.3) is 5.56 Å². The zero-order valence-electron chi connectivity index (χ0n) is 10.2. The lowest BCUT2D eigenvalue weighted by atomic mass is 10.2. The van der Waals surface area contributed by atoms with Crippen molar-refractivity contribution in [3.63, 3.8) is 0 Å². The minimum Gasteiger partial charge on any atom is -0.477 e. The van der Waals surface area contributed by atoms with Crippen molar-refractivity contribution in [2.24, 2.45) is 0 Å². The van der Waals surface area contributed by atoms with Crippen LogP contribution in [0.15, 0.2) is 33.9 Å². The average Bonchev–Trinajstić information content (AvgIpc) is 2.39. The summed E-state index contributed by atoms with van der Waals surface area (Å²) in [6, 6.07) is 5.44. The Hall–Kier alpha value is -2.87. The van der Waals surface area contributed by atoms with E-state index >= 15 is 0 Å².